The first kappa shape index (κ1) is 16.4. The fourth-order valence-electron chi connectivity index (χ4n) is 2.89. The first-order valence-corrected chi connectivity index (χ1v) is 7.72. The Hall–Kier alpha value is -2.47. The molecule has 0 saturated carbocycles. The predicted octanol–water partition coefficient (Wildman–Crippen LogP) is 2.67. The van der Waals surface area contributed by atoms with Gasteiger partial charge in [-0.2, -0.15) is 0 Å². The van der Waals surface area contributed by atoms with Gasteiger partial charge in [0.1, 0.15) is 17.2 Å². The number of amides is 1. The van der Waals surface area contributed by atoms with Crippen molar-refractivity contribution in [3.63, 3.8) is 0 Å². The Morgan fingerprint density at radius 3 is 2.96 bits per heavy atom. The Morgan fingerprint density at radius 1 is 1.46 bits per heavy atom. The highest BCUT2D eigenvalue weighted by Crippen LogP contribution is 2.40. The van der Waals surface area contributed by atoms with Crippen LogP contribution in [-0.2, 0) is 4.79 Å². The van der Waals surface area contributed by atoms with Crippen LogP contribution in [0, 0.1) is 5.82 Å². The summed E-state index contributed by atoms with van der Waals surface area (Å²) in [6.45, 7) is 3.75. The van der Waals surface area contributed by atoms with Gasteiger partial charge in [-0.1, -0.05) is 12.1 Å². The lowest BCUT2D eigenvalue weighted by Gasteiger charge is -2.38. The molecule has 0 radical (unpaired) electrons. The number of aliphatic hydroxyl groups is 1. The predicted molar refractivity (Wildman–Crippen MR) is 85.8 cm³/mol. The number of hydrogen-bond acceptors (Lipinski definition) is 4. The van der Waals surface area contributed by atoms with Gasteiger partial charge >= 0.3 is 0 Å². The lowest BCUT2D eigenvalue weighted by molar-refractivity contribution is -0.131. The summed E-state index contributed by atoms with van der Waals surface area (Å²) in [5, 5.41) is 13.0. The average Bonchev–Trinajstić information content (AvgIpc) is 2.53. The molecule has 2 aromatic rings. The number of nitrogens with one attached hydrogen (secondary N) is 1. The second kappa shape index (κ2) is 6.20. The zero-order valence-corrected chi connectivity index (χ0v) is 13.5. The van der Waals surface area contributed by atoms with E-state index >= 15 is 0 Å². The van der Waals surface area contributed by atoms with Crippen molar-refractivity contribution >= 4 is 5.91 Å². The molecule has 2 atom stereocenters. The molecule has 126 valence electrons. The van der Waals surface area contributed by atoms with Gasteiger partial charge in [-0.3, -0.25) is 9.78 Å². The van der Waals surface area contributed by atoms with E-state index in [0.717, 1.165) is 0 Å². The number of benzene rings is 1. The second-order valence-corrected chi connectivity index (χ2v) is 6.50. The molecule has 2 heterocycles. The number of carbonyl (C=O) groups is 1. The van der Waals surface area contributed by atoms with Crippen molar-refractivity contribution < 1.29 is 19.0 Å². The Balaban J connectivity index is 1.83. The van der Waals surface area contributed by atoms with E-state index in [-0.39, 0.29) is 6.04 Å². The molecule has 1 aromatic heterocycles. The van der Waals surface area contributed by atoms with Gasteiger partial charge < -0.3 is 15.2 Å². The molecule has 1 aromatic carbocycles. The van der Waals surface area contributed by atoms with Gasteiger partial charge in [0.25, 0.3) is 5.91 Å². The Morgan fingerprint density at radius 2 is 2.25 bits per heavy atom. The minimum Gasteiger partial charge on any atom is -0.487 e. The van der Waals surface area contributed by atoms with Gasteiger partial charge in [0.05, 0.1) is 6.04 Å². The smallest absolute Gasteiger partial charge is 0.254 e. The van der Waals surface area contributed by atoms with Crippen LogP contribution in [0.4, 0.5) is 4.39 Å². The SMILES string of the molecule is CC1(C)CC(NC(=O)C(O)c2cccnc2)c2ccc(F)cc2O1. The number of carbonyl (C=O) groups excluding carboxylic acids is 1. The van der Waals surface area contributed by atoms with Crippen LogP contribution in [0.5, 0.6) is 5.75 Å². The molecule has 24 heavy (non-hydrogen) atoms. The Kier molecular flexibility index (Phi) is 4.24. The minimum absolute atomic E-state index is 0.372. The van der Waals surface area contributed by atoms with Crippen LogP contribution in [0.3, 0.4) is 0 Å². The van der Waals surface area contributed by atoms with Crippen molar-refractivity contribution in [3.05, 3.63) is 59.7 Å². The van der Waals surface area contributed by atoms with Gasteiger partial charge in [0.2, 0.25) is 0 Å². The largest absolute Gasteiger partial charge is 0.487 e. The van der Waals surface area contributed by atoms with Crippen LogP contribution in [0.15, 0.2) is 42.7 Å². The molecule has 2 unspecified atom stereocenters. The van der Waals surface area contributed by atoms with Crippen molar-refractivity contribution in [3.8, 4) is 5.75 Å². The number of nitrogens with zero attached hydrogens (tertiary/aromatic N) is 1. The standard InChI is InChI=1S/C18H19FN2O3/c1-18(2)9-14(13-6-5-12(19)8-15(13)24-18)21-17(23)16(22)11-4-3-7-20-10-11/h3-8,10,14,16,22H,9H2,1-2H3,(H,21,23). The molecule has 1 amide bonds. The zero-order chi connectivity index (χ0) is 17.3. The average molecular weight is 330 g/mol. The number of rotatable bonds is 3. The van der Waals surface area contributed by atoms with Gasteiger partial charge in [-0.25, -0.2) is 4.39 Å². The van der Waals surface area contributed by atoms with Crippen molar-refractivity contribution in [1.82, 2.24) is 10.3 Å². The van der Waals surface area contributed by atoms with Crippen LogP contribution in [0.1, 0.15) is 43.5 Å². The molecule has 6 heteroatoms. The first-order valence-electron chi connectivity index (χ1n) is 7.72. The summed E-state index contributed by atoms with van der Waals surface area (Å²) in [5.41, 5.74) is 0.556. The van der Waals surface area contributed by atoms with Crippen LogP contribution >= 0.6 is 0 Å². The van der Waals surface area contributed by atoms with Gasteiger partial charge in [0.15, 0.2) is 6.10 Å². The summed E-state index contributed by atoms with van der Waals surface area (Å²) in [7, 11) is 0. The third-order valence-corrected chi connectivity index (χ3v) is 4.00. The molecule has 0 fully saturated rings. The Labute approximate surface area is 139 Å². The normalized spacial score (nSPS) is 19.8. The molecule has 5 nitrogen and oxygen atoms in total. The van der Waals surface area contributed by atoms with Gasteiger partial charge in [-0.15, -0.1) is 0 Å². The number of aromatic nitrogens is 1. The monoisotopic (exact) mass is 330 g/mol. The van der Waals surface area contributed by atoms with Crippen molar-refractivity contribution in [2.24, 2.45) is 0 Å². The lowest BCUT2D eigenvalue weighted by atomic mass is 9.89. The molecule has 3 rings (SSSR count). The van der Waals surface area contributed by atoms with E-state index in [1.54, 1.807) is 24.4 Å². The maximum atomic E-state index is 13.5. The number of halogens is 1. The van der Waals surface area contributed by atoms with Crippen molar-refractivity contribution in [2.45, 2.75) is 38.0 Å². The highest BCUT2D eigenvalue weighted by Gasteiger charge is 2.35. The summed E-state index contributed by atoms with van der Waals surface area (Å²) in [6.07, 6.45) is 2.21. The molecule has 1 aliphatic heterocycles. The maximum absolute atomic E-state index is 13.5. The molecular formula is C18H19FN2O3. The molecule has 0 bridgehead atoms. The maximum Gasteiger partial charge on any atom is 0.254 e. The fourth-order valence-corrected chi connectivity index (χ4v) is 2.89. The van der Waals surface area contributed by atoms with Crippen molar-refractivity contribution in [1.29, 1.82) is 0 Å². The molecular weight excluding hydrogens is 311 g/mol. The third kappa shape index (κ3) is 3.38. The van der Waals surface area contributed by atoms with E-state index in [9.17, 15) is 14.3 Å². The van der Waals surface area contributed by atoms with Crippen LogP contribution in [0.25, 0.3) is 0 Å². The van der Waals surface area contributed by atoms with Crippen LogP contribution in [0.2, 0.25) is 0 Å². The minimum atomic E-state index is -1.31. The van der Waals surface area contributed by atoms with E-state index in [1.807, 2.05) is 13.8 Å². The zero-order valence-electron chi connectivity index (χ0n) is 13.5. The summed E-state index contributed by atoms with van der Waals surface area (Å²) in [5.74, 6) is -0.514. The lowest BCUT2D eigenvalue weighted by Crippen LogP contribution is -2.42. The Bertz CT molecular complexity index is 749. The number of pyridine rings is 1. The summed E-state index contributed by atoms with van der Waals surface area (Å²) in [4.78, 5) is 16.3. The number of hydrogen-bond donors (Lipinski definition) is 2. The van der Waals surface area contributed by atoms with E-state index in [2.05, 4.69) is 10.3 Å². The summed E-state index contributed by atoms with van der Waals surface area (Å²) < 4.78 is 19.3. The van der Waals surface area contributed by atoms with E-state index in [0.29, 0.717) is 23.3 Å². The summed E-state index contributed by atoms with van der Waals surface area (Å²) in [6, 6.07) is 7.16. The second-order valence-electron chi connectivity index (χ2n) is 6.50. The van der Waals surface area contributed by atoms with E-state index in [4.69, 9.17) is 4.74 Å². The molecule has 0 spiro atoms. The highest BCUT2D eigenvalue weighted by molar-refractivity contribution is 5.82. The van der Waals surface area contributed by atoms with E-state index in [1.165, 1.54) is 18.3 Å². The number of ether oxygens (including phenoxy) is 1. The van der Waals surface area contributed by atoms with Crippen molar-refractivity contribution in [2.75, 3.05) is 0 Å². The first-order chi connectivity index (χ1) is 11.4. The quantitative estimate of drug-likeness (QED) is 0.908. The van der Waals surface area contributed by atoms with Gasteiger partial charge in [-0.05, 0) is 26.0 Å². The number of aliphatic hydroxyl groups excluding tert-OH is 1. The molecule has 1 aliphatic rings. The molecule has 0 saturated heterocycles. The fraction of sp³-hybridized carbons (Fsp3) is 0.333. The van der Waals surface area contributed by atoms with Crippen LogP contribution in [-0.4, -0.2) is 21.6 Å². The van der Waals surface area contributed by atoms with Gasteiger partial charge in [0, 0.05) is 36.0 Å². The third-order valence-electron chi connectivity index (χ3n) is 4.00. The topological polar surface area (TPSA) is 71.5 Å². The highest BCUT2D eigenvalue weighted by atomic mass is 19.1. The van der Waals surface area contributed by atoms with E-state index < -0.39 is 23.4 Å². The molecule has 2 N–H and O–H groups in total. The molecule has 0 aliphatic carbocycles. The number of fused-ring (bicyclic) bond motifs is 1. The summed E-state index contributed by atoms with van der Waals surface area (Å²) >= 11 is 0. The van der Waals surface area contributed by atoms with Crippen LogP contribution < -0.4 is 10.1 Å².